The van der Waals surface area contributed by atoms with Gasteiger partial charge in [0.15, 0.2) is 17.9 Å². The molecule has 1 aromatic rings. The molecule has 0 aliphatic carbocycles. The number of phenolic OH excluding ortho intramolecular Hbond substituents is 1. The Hall–Kier alpha value is -1.46. The molecule has 0 atom stereocenters. The maximum absolute atomic E-state index is 12.4. The van der Waals surface area contributed by atoms with Crippen molar-refractivity contribution >= 4 is 6.29 Å². The number of benzene rings is 1. The molecule has 0 bridgehead atoms. The highest BCUT2D eigenvalue weighted by Gasteiger charge is 2.03. The van der Waals surface area contributed by atoms with Crippen LogP contribution >= 0.6 is 0 Å². The number of carbonyl (C=O) groups excluding carboxylic acids is 1. The molecule has 4 nitrogen and oxygen atoms in total. The van der Waals surface area contributed by atoms with E-state index in [2.05, 4.69) is 0 Å². The first-order valence-corrected chi connectivity index (χ1v) is 4.00. The SMILES string of the molecule is NCCN.O=Cc1cccc(F)c1O. The van der Waals surface area contributed by atoms with Crippen LogP contribution in [0.2, 0.25) is 0 Å². The van der Waals surface area contributed by atoms with Crippen molar-refractivity contribution in [2.45, 2.75) is 0 Å². The number of nitrogens with two attached hydrogens (primary N) is 2. The van der Waals surface area contributed by atoms with Gasteiger partial charge < -0.3 is 16.6 Å². The molecule has 78 valence electrons. The zero-order chi connectivity index (χ0) is 11.0. The molecule has 0 saturated heterocycles. The maximum Gasteiger partial charge on any atom is 0.165 e. The van der Waals surface area contributed by atoms with E-state index < -0.39 is 11.6 Å². The lowest BCUT2D eigenvalue weighted by molar-refractivity contribution is 0.112. The lowest BCUT2D eigenvalue weighted by atomic mass is 10.2. The molecule has 1 aromatic carbocycles. The van der Waals surface area contributed by atoms with Crippen LogP contribution in [-0.2, 0) is 0 Å². The van der Waals surface area contributed by atoms with Gasteiger partial charge in [0.05, 0.1) is 5.56 Å². The van der Waals surface area contributed by atoms with E-state index in [9.17, 15) is 9.18 Å². The summed E-state index contributed by atoms with van der Waals surface area (Å²) in [6.45, 7) is 1.19. The average molecular weight is 200 g/mol. The topological polar surface area (TPSA) is 89.3 Å². The van der Waals surface area contributed by atoms with Crippen molar-refractivity contribution in [3.05, 3.63) is 29.6 Å². The van der Waals surface area contributed by atoms with Crippen LogP contribution in [0.25, 0.3) is 0 Å². The first-order chi connectivity index (χ1) is 6.67. The summed E-state index contributed by atoms with van der Waals surface area (Å²) in [5.74, 6) is -1.36. The summed E-state index contributed by atoms with van der Waals surface area (Å²) in [4.78, 5) is 10.1. The first-order valence-electron chi connectivity index (χ1n) is 4.00. The third-order valence-electron chi connectivity index (χ3n) is 1.31. The molecule has 0 aliphatic heterocycles. The summed E-state index contributed by atoms with van der Waals surface area (Å²) in [7, 11) is 0. The first kappa shape index (κ1) is 12.5. The van der Waals surface area contributed by atoms with Gasteiger partial charge in [-0.25, -0.2) is 4.39 Å². The molecule has 0 amide bonds. The molecule has 0 fully saturated rings. The molecule has 0 unspecified atom stereocenters. The minimum Gasteiger partial charge on any atom is -0.504 e. The summed E-state index contributed by atoms with van der Waals surface area (Å²) >= 11 is 0. The van der Waals surface area contributed by atoms with Crippen LogP contribution in [0.1, 0.15) is 10.4 Å². The van der Waals surface area contributed by atoms with Gasteiger partial charge in [-0.1, -0.05) is 6.07 Å². The largest absolute Gasteiger partial charge is 0.504 e. The third kappa shape index (κ3) is 3.97. The zero-order valence-corrected chi connectivity index (χ0v) is 7.61. The van der Waals surface area contributed by atoms with Crippen molar-refractivity contribution in [3.8, 4) is 5.75 Å². The van der Waals surface area contributed by atoms with E-state index >= 15 is 0 Å². The van der Waals surface area contributed by atoms with Crippen molar-refractivity contribution in [1.82, 2.24) is 0 Å². The van der Waals surface area contributed by atoms with Crippen molar-refractivity contribution in [1.29, 1.82) is 0 Å². The Kier molecular flexibility index (Phi) is 6.26. The highest BCUT2D eigenvalue weighted by molar-refractivity contribution is 5.78. The zero-order valence-electron chi connectivity index (χ0n) is 7.61. The van der Waals surface area contributed by atoms with E-state index in [1.807, 2.05) is 0 Å². The van der Waals surface area contributed by atoms with Crippen LogP contribution in [0.3, 0.4) is 0 Å². The fraction of sp³-hybridized carbons (Fsp3) is 0.222. The Morgan fingerprint density at radius 3 is 2.29 bits per heavy atom. The highest BCUT2D eigenvalue weighted by atomic mass is 19.1. The van der Waals surface area contributed by atoms with Crippen molar-refractivity contribution in [2.75, 3.05) is 13.1 Å². The number of hydrogen-bond donors (Lipinski definition) is 3. The van der Waals surface area contributed by atoms with Crippen LogP contribution in [0.5, 0.6) is 5.75 Å². The molecule has 0 radical (unpaired) electrons. The predicted octanol–water partition coefficient (Wildman–Crippen LogP) is 0.248. The van der Waals surface area contributed by atoms with Gasteiger partial charge in [-0.2, -0.15) is 0 Å². The third-order valence-corrected chi connectivity index (χ3v) is 1.31. The molecule has 14 heavy (non-hydrogen) atoms. The summed E-state index contributed by atoms with van der Waals surface area (Å²) in [6, 6.07) is 3.78. The summed E-state index contributed by atoms with van der Waals surface area (Å²) < 4.78 is 12.4. The normalized spacial score (nSPS) is 8.79. The average Bonchev–Trinajstić information content (AvgIpc) is 2.22. The quantitative estimate of drug-likeness (QED) is 0.597. The van der Waals surface area contributed by atoms with Crippen molar-refractivity contribution in [2.24, 2.45) is 11.5 Å². The smallest absolute Gasteiger partial charge is 0.165 e. The second-order valence-electron chi connectivity index (χ2n) is 2.37. The van der Waals surface area contributed by atoms with Gasteiger partial charge in [0.2, 0.25) is 0 Å². The van der Waals surface area contributed by atoms with Crippen LogP contribution in [0.4, 0.5) is 4.39 Å². The van der Waals surface area contributed by atoms with Crippen LogP contribution in [0, 0.1) is 5.82 Å². The van der Waals surface area contributed by atoms with Gasteiger partial charge in [-0.3, -0.25) is 4.79 Å². The molecule has 0 heterocycles. The minimum absolute atomic E-state index is 0.0278. The Balaban J connectivity index is 0.000000364. The lowest BCUT2D eigenvalue weighted by Gasteiger charge is -1.95. The number of rotatable bonds is 2. The monoisotopic (exact) mass is 200 g/mol. The molecule has 5 heteroatoms. The predicted molar refractivity (Wildman–Crippen MR) is 51.6 cm³/mol. The molecule has 5 N–H and O–H groups in total. The van der Waals surface area contributed by atoms with Crippen molar-refractivity contribution < 1.29 is 14.3 Å². The van der Waals surface area contributed by atoms with Gasteiger partial charge in [-0.15, -0.1) is 0 Å². The number of halogens is 1. The second kappa shape index (κ2) is 6.99. The van der Waals surface area contributed by atoms with E-state index in [4.69, 9.17) is 16.6 Å². The van der Waals surface area contributed by atoms with Crippen LogP contribution < -0.4 is 11.5 Å². The number of aldehydes is 1. The summed E-state index contributed by atoms with van der Waals surface area (Å²) in [5.41, 5.74) is 9.78. The van der Waals surface area contributed by atoms with Crippen LogP contribution in [0.15, 0.2) is 18.2 Å². The summed E-state index contributed by atoms with van der Waals surface area (Å²) in [6.07, 6.45) is 0.401. The fourth-order valence-electron chi connectivity index (χ4n) is 0.627. The van der Waals surface area contributed by atoms with E-state index in [0.29, 0.717) is 19.4 Å². The maximum atomic E-state index is 12.4. The molecular weight excluding hydrogens is 187 g/mol. The molecule has 0 aromatic heterocycles. The van der Waals surface area contributed by atoms with Gasteiger partial charge in [0, 0.05) is 13.1 Å². The standard InChI is InChI=1S/C7H5FO2.C2H8N2/c8-6-3-1-2-5(4-9)7(6)10;3-1-2-4/h1-4,10H;1-4H2. The number of aromatic hydroxyl groups is 1. The molecule has 1 rings (SSSR count). The van der Waals surface area contributed by atoms with Crippen molar-refractivity contribution in [3.63, 3.8) is 0 Å². The second-order valence-corrected chi connectivity index (χ2v) is 2.37. The van der Waals surface area contributed by atoms with E-state index in [1.165, 1.54) is 12.1 Å². The molecule has 0 spiro atoms. The number of phenols is 1. The van der Waals surface area contributed by atoms with Gasteiger partial charge in [0.1, 0.15) is 0 Å². The number of carbonyl (C=O) groups is 1. The molecular formula is C9H13FN2O2. The van der Waals surface area contributed by atoms with Crippen LogP contribution in [-0.4, -0.2) is 24.5 Å². The Morgan fingerprint density at radius 1 is 1.36 bits per heavy atom. The lowest BCUT2D eigenvalue weighted by Crippen LogP contribution is -2.11. The minimum atomic E-state index is -0.774. The van der Waals surface area contributed by atoms with Gasteiger partial charge in [0.25, 0.3) is 0 Å². The Labute approximate surface area is 81.3 Å². The fourth-order valence-corrected chi connectivity index (χ4v) is 0.627. The van der Waals surface area contributed by atoms with Gasteiger partial charge >= 0.3 is 0 Å². The van der Waals surface area contributed by atoms with E-state index in [0.717, 1.165) is 6.07 Å². The highest BCUT2D eigenvalue weighted by Crippen LogP contribution is 2.17. The van der Waals surface area contributed by atoms with Gasteiger partial charge in [-0.05, 0) is 12.1 Å². The van der Waals surface area contributed by atoms with E-state index in [1.54, 1.807) is 0 Å². The summed E-state index contributed by atoms with van der Waals surface area (Å²) in [5, 5.41) is 8.79. The van der Waals surface area contributed by atoms with E-state index in [-0.39, 0.29) is 5.56 Å². The number of hydrogen-bond acceptors (Lipinski definition) is 4. The Morgan fingerprint density at radius 2 is 1.93 bits per heavy atom. The molecule has 0 saturated carbocycles. The number of para-hydroxylation sites is 1. The molecule has 0 aliphatic rings. The Bertz CT molecular complexity index is 290.